The van der Waals surface area contributed by atoms with E-state index in [4.69, 9.17) is 14.6 Å². The number of para-hydroxylation sites is 1. The first-order chi connectivity index (χ1) is 18.6. The van der Waals surface area contributed by atoms with Gasteiger partial charge in [-0.2, -0.15) is 0 Å². The minimum absolute atomic E-state index is 0.193. The molecule has 0 radical (unpaired) electrons. The number of hydrogen-bond acceptors (Lipinski definition) is 5. The fourth-order valence-electron chi connectivity index (χ4n) is 4.93. The highest BCUT2D eigenvalue weighted by Crippen LogP contribution is 2.40. The van der Waals surface area contributed by atoms with Crippen LogP contribution in [0.4, 0.5) is 4.39 Å². The molecule has 1 heterocycles. The predicted molar refractivity (Wildman–Crippen MR) is 154 cm³/mol. The van der Waals surface area contributed by atoms with Crippen LogP contribution in [0.2, 0.25) is 0 Å². The number of unbranched alkanes of at least 4 members (excludes halogenated alkanes) is 3. The largest absolute Gasteiger partial charge is 0.493 e. The average molecular weight is 546 g/mol. The van der Waals surface area contributed by atoms with E-state index in [2.05, 4.69) is 11.8 Å². The van der Waals surface area contributed by atoms with Crippen LogP contribution >= 0.6 is 0 Å². The molecule has 1 fully saturated rings. The van der Waals surface area contributed by atoms with Crippen LogP contribution in [0.3, 0.4) is 0 Å². The number of benzene rings is 2. The molecule has 218 valence electrons. The third kappa shape index (κ3) is 10.5. The third-order valence-electron chi connectivity index (χ3n) is 7.70. The van der Waals surface area contributed by atoms with Crippen molar-refractivity contribution in [2.75, 3.05) is 33.9 Å². The van der Waals surface area contributed by atoms with Crippen molar-refractivity contribution in [2.24, 2.45) is 11.3 Å². The first-order valence-corrected chi connectivity index (χ1v) is 14.2. The highest BCUT2D eigenvalue weighted by molar-refractivity contribution is 5.73. The highest BCUT2D eigenvalue weighted by atomic mass is 19.1. The molecule has 2 N–H and O–H groups in total. The Hall–Kier alpha value is -2.64. The van der Waals surface area contributed by atoms with Crippen molar-refractivity contribution in [3.8, 4) is 11.5 Å². The molecule has 1 atom stereocenters. The summed E-state index contributed by atoms with van der Waals surface area (Å²) >= 11 is 0. The Labute approximate surface area is 234 Å². The van der Waals surface area contributed by atoms with Crippen molar-refractivity contribution < 1.29 is 28.9 Å². The molecular weight excluding hydrogens is 497 g/mol. The second kappa shape index (κ2) is 16.5. The van der Waals surface area contributed by atoms with E-state index in [-0.39, 0.29) is 11.7 Å². The van der Waals surface area contributed by atoms with E-state index in [0.717, 1.165) is 69.3 Å². The van der Waals surface area contributed by atoms with Crippen molar-refractivity contribution in [1.82, 2.24) is 4.90 Å². The number of carboxylic acids is 1. The molecule has 1 unspecified atom stereocenters. The van der Waals surface area contributed by atoms with Crippen molar-refractivity contribution in [3.05, 3.63) is 59.4 Å². The second-order valence-electron chi connectivity index (χ2n) is 11.1. The molecule has 0 aromatic heterocycles. The van der Waals surface area contributed by atoms with Crippen LogP contribution in [0.1, 0.15) is 82.9 Å². The van der Waals surface area contributed by atoms with Gasteiger partial charge in [-0.05, 0) is 82.3 Å². The SMILES string of the molecule is CCCCCCC(C)(C)C(=O)O.COc1cccc(C(O)C2CCN(CCc3ccc(F)cc3)CC2)c1OC. The smallest absolute Gasteiger partial charge is 0.309 e. The Morgan fingerprint density at radius 2 is 1.72 bits per heavy atom. The predicted octanol–water partition coefficient (Wildman–Crippen LogP) is 6.90. The summed E-state index contributed by atoms with van der Waals surface area (Å²) in [5, 5.41) is 19.7. The summed E-state index contributed by atoms with van der Waals surface area (Å²) in [6.07, 6.45) is 7.63. The van der Waals surface area contributed by atoms with Gasteiger partial charge in [-0.25, -0.2) is 4.39 Å². The van der Waals surface area contributed by atoms with E-state index in [1.54, 1.807) is 28.1 Å². The summed E-state index contributed by atoms with van der Waals surface area (Å²) in [6.45, 7) is 8.60. The van der Waals surface area contributed by atoms with Crippen LogP contribution in [0, 0.1) is 17.2 Å². The van der Waals surface area contributed by atoms with Crippen molar-refractivity contribution >= 4 is 5.97 Å². The zero-order chi connectivity index (χ0) is 28.8. The summed E-state index contributed by atoms with van der Waals surface area (Å²) < 4.78 is 23.8. The molecule has 1 aliphatic heterocycles. The van der Waals surface area contributed by atoms with Gasteiger partial charge in [0.2, 0.25) is 0 Å². The van der Waals surface area contributed by atoms with Gasteiger partial charge in [0.15, 0.2) is 11.5 Å². The Bertz CT molecular complexity index is 987. The lowest BCUT2D eigenvalue weighted by atomic mass is 9.87. The molecule has 0 amide bonds. The molecule has 1 saturated heterocycles. The number of likely N-dealkylation sites (tertiary alicyclic amines) is 1. The Morgan fingerprint density at radius 1 is 1.05 bits per heavy atom. The maximum Gasteiger partial charge on any atom is 0.309 e. The van der Waals surface area contributed by atoms with E-state index in [1.165, 1.54) is 25.0 Å². The summed E-state index contributed by atoms with van der Waals surface area (Å²) in [5.41, 5.74) is 1.41. The lowest BCUT2D eigenvalue weighted by Gasteiger charge is -2.34. The maximum absolute atomic E-state index is 13.0. The number of aliphatic hydroxyl groups excluding tert-OH is 1. The van der Waals surface area contributed by atoms with Crippen LogP contribution in [0.15, 0.2) is 42.5 Å². The zero-order valence-electron chi connectivity index (χ0n) is 24.4. The van der Waals surface area contributed by atoms with E-state index in [9.17, 15) is 14.3 Å². The summed E-state index contributed by atoms with van der Waals surface area (Å²) in [4.78, 5) is 13.1. The first-order valence-electron chi connectivity index (χ1n) is 14.2. The van der Waals surface area contributed by atoms with Gasteiger partial charge in [0, 0.05) is 12.1 Å². The molecule has 0 spiro atoms. The van der Waals surface area contributed by atoms with Crippen molar-refractivity contribution in [3.63, 3.8) is 0 Å². The van der Waals surface area contributed by atoms with Crippen molar-refractivity contribution in [2.45, 2.75) is 78.2 Å². The lowest BCUT2D eigenvalue weighted by molar-refractivity contribution is -0.147. The van der Waals surface area contributed by atoms with E-state index in [1.807, 2.05) is 30.3 Å². The quantitative estimate of drug-likeness (QED) is 0.267. The zero-order valence-corrected chi connectivity index (χ0v) is 24.4. The molecule has 1 aliphatic rings. The van der Waals surface area contributed by atoms with Crippen LogP contribution in [0.25, 0.3) is 0 Å². The maximum atomic E-state index is 13.0. The topological polar surface area (TPSA) is 79.2 Å². The van der Waals surface area contributed by atoms with Crippen LogP contribution in [-0.4, -0.2) is 54.9 Å². The minimum atomic E-state index is -0.681. The van der Waals surface area contributed by atoms with Gasteiger partial charge in [-0.3, -0.25) is 4.79 Å². The number of nitrogens with zero attached hydrogens (tertiary/aromatic N) is 1. The van der Waals surface area contributed by atoms with Gasteiger partial charge in [-0.1, -0.05) is 56.9 Å². The van der Waals surface area contributed by atoms with Crippen LogP contribution in [0.5, 0.6) is 11.5 Å². The number of methoxy groups -OCH3 is 2. The van der Waals surface area contributed by atoms with Gasteiger partial charge in [0.25, 0.3) is 0 Å². The molecule has 6 nitrogen and oxygen atoms in total. The number of carboxylic acid groups (broad SMARTS) is 1. The van der Waals surface area contributed by atoms with Crippen LogP contribution in [-0.2, 0) is 11.2 Å². The molecule has 0 saturated carbocycles. The van der Waals surface area contributed by atoms with Gasteiger partial charge >= 0.3 is 5.97 Å². The fraction of sp³-hybridized carbons (Fsp3) is 0.594. The lowest BCUT2D eigenvalue weighted by Crippen LogP contribution is -2.36. The summed E-state index contributed by atoms with van der Waals surface area (Å²) in [5.74, 6) is 0.589. The molecule has 2 aromatic carbocycles. The number of rotatable bonds is 13. The Morgan fingerprint density at radius 3 is 2.28 bits per heavy atom. The average Bonchev–Trinajstić information content (AvgIpc) is 2.94. The van der Waals surface area contributed by atoms with Crippen molar-refractivity contribution in [1.29, 1.82) is 0 Å². The van der Waals surface area contributed by atoms with E-state index >= 15 is 0 Å². The standard InChI is InChI=1S/C22H28FNO3.C10H20O2/c1-26-20-5-3-4-19(22(20)27-2)21(25)17-11-14-24(15-12-17)13-10-16-6-8-18(23)9-7-16;1-4-5-6-7-8-10(2,3)9(11)12/h3-9,17,21,25H,10-15H2,1-2H3;4-8H2,1-3H3,(H,11,12). The second-order valence-corrected chi connectivity index (χ2v) is 11.1. The summed E-state index contributed by atoms with van der Waals surface area (Å²) in [6, 6.07) is 12.4. The van der Waals surface area contributed by atoms with Gasteiger partial charge in [0.1, 0.15) is 5.82 Å². The molecule has 0 bridgehead atoms. The number of ether oxygens (including phenoxy) is 2. The first kappa shape index (κ1) is 32.6. The van der Waals surface area contributed by atoms with Crippen LogP contribution < -0.4 is 9.47 Å². The third-order valence-corrected chi connectivity index (χ3v) is 7.70. The number of aliphatic carboxylic acids is 1. The Kier molecular flexibility index (Phi) is 13.7. The molecular formula is C32H48FNO5. The Balaban J connectivity index is 0.000000377. The highest BCUT2D eigenvalue weighted by Gasteiger charge is 2.29. The number of carbonyl (C=O) groups is 1. The normalized spacial score (nSPS) is 15.3. The minimum Gasteiger partial charge on any atom is -0.493 e. The number of halogens is 1. The molecule has 39 heavy (non-hydrogen) atoms. The number of hydrogen-bond donors (Lipinski definition) is 2. The summed E-state index contributed by atoms with van der Waals surface area (Å²) in [7, 11) is 3.21. The van der Waals surface area contributed by atoms with E-state index in [0.29, 0.717) is 11.5 Å². The monoisotopic (exact) mass is 545 g/mol. The molecule has 7 heteroatoms. The van der Waals surface area contributed by atoms with Gasteiger partial charge in [-0.15, -0.1) is 0 Å². The fourth-order valence-corrected chi connectivity index (χ4v) is 4.93. The van der Waals surface area contributed by atoms with Gasteiger partial charge < -0.3 is 24.6 Å². The molecule has 0 aliphatic carbocycles. The molecule has 3 rings (SSSR count). The molecule has 2 aromatic rings. The van der Waals surface area contributed by atoms with Gasteiger partial charge in [0.05, 0.1) is 25.7 Å². The van der Waals surface area contributed by atoms with E-state index < -0.39 is 17.5 Å². The number of piperidine rings is 1. The number of aliphatic hydroxyl groups is 1.